The Hall–Kier alpha value is -3.87. The van der Waals surface area contributed by atoms with Crippen LogP contribution in [-0.4, -0.2) is 36.2 Å². The van der Waals surface area contributed by atoms with Crippen molar-refractivity contribution in [3.8, 4) is 0 Å². The zero-order chi connectivity index (χ0) is 22.4. The largest absolute Gasteiger partial charge is 0.478 e. The van der Waals surface area contributed by atoms with Crippen LogP contribution in [0, 0.1) is 0 Å². The van der Waals surface area contributed by atoms with E-state index in [1.807, 2.05) is 30.3 Å². The molecule has 0 aromatic heterocycles. The standard InChI is InChI=1S/C24H23NO6/c1-3-30-23(28)19-14-25(18-12-10-17(11-13-18)22(26)27)15-20(24(29)31-4-2)21(19)16-8-6-5-7-9-16/h5-15,21H,3-4H2,1-2H3,(H,26,27). The van der Waals surface area contributed by atoms with Crippen molar-refractivity contribution >= 4 is 23.6 Å². The average Bonchev–Trinajstić information content (AvgIpc) is 2.79. The van der Waals surface area contributed by atoms with Crippen molar-refractivity contribution < 1.29 is 29.0 Å². The molecule has 0 saturated carbocycles. The summed E-state index contributed by atoms with van der Waals surface area (Å²) in [5, 5.41) is 9.13. The van der Waals surface area contributed by atoms with E-state index in [0.717, 1.165) is 5.56 Å². The van der Waals surface area contributed by atoms with E-state index in [4.69, 9.17) is 14.6 Å². The summed E-state index contributed by atoms with van der Waals surface area (Å²) >= 11 is 0. The summed E-state index contributed by atoms with van der Waals surface area (Å²) in [6, 6.07) is 15.3. The number of ether oxygens (including phenoxy) is 2. The van der Waals surface area contributed by atoms with Crippen molar-refractivity contribution in [2.24, 2.45) is 0 Å². The normalized spacial score (nSPS) is 13.8. The van der Waals surface area contributed by atoms with Gasteiger partial charge >= 0.3 is 17.9 Å². The summed E-state index contributed by atoms with van der Waals surface area (Å²) in [5.74, 6) is -2.79. The van der Waals surface area contributed by atoms with E-state index in [-0.39, 0.29) is 29.9 Å². The first-order valence-corrected chi connectivity index (χ1v) is 9.90. The molecular weight excluding hydrogens is 398 g/mol. The highest BCUT2D eigenvalue weighted by Gasteiger charge is 2.35. The second-order valence-corrected chi connectivity index (χ2v) is 6.71. The van der Waals surface area contributed by atoms with Crippen LogP contribution in [-0.2, 0) is 19.1 Å². The molecule has 1 aliphatic heterocycles. The lowest BCUT2D eigenvalue weighted by Gasteiger charge is -2.30. The number of hydrogen-bond donors (Lipinski definition) is 1. The summed E-state index contributed by atoms with van der Waals surface area (Å²) in [6.45, 7) is 3.79. The summed E-state index contributed by atoms with van der Waals surface area (Å²) in [4.78, 5) is 38.5. The number of rotatable bonds is 7. The van der Waals surface area contributed by atoms with E-state index < -0.39 is 23.8 Å². The number of carbonyl (C=O) groups excluding carboxylic acids is 2. The Morgan fingerprint density at radius 2 is 1.35 bits per heavy atom. The van der Waals surface area contributed by atoms with Gasteiger partial charge in [0.1, 0.15) is 0 Å². The monoisotopic (exact) mass is 421 g/mol. The topological polar surface area (TPSA) is 93.1 Å². The maximum atomic E-state index is 12.9. The van der Waals surface area contributed by atoms with Gasteiger partial charge in [0.2, 0.25) is 0 Å². The fourth-order valence-electron chi connectivity index (χ4n) is 3.35. The fraction of sp³-hybridized carbons (Fsp3) is 0.208. The molecule has 0 saturated heterocycles. The van der Waals surface area contributed by atoms with E-state index in [1.165, 1.54) is 12.1 Å². The molecule has 31 heavy (non-hydrogen) atoms. The third kappa shape index (κ3) is 4.83. The molecule has 0 radical (unpaired) electrons. The summed E-state index contributed by atoms with van der Waals surface area (Å²) in [5.41, 5.74) is 2.02. The maximum absolute atomic E-state index is 12.9. The molecule has 0 amide bonds. The number of anilines is 1. The molecule has 7 heteroatoms. The molecule has 0 unspecified atom stereocenters. The number of benzene rings is 2. The van der Waals surface area contributed by atoms with Crippen LogP contribution in [0.15, 0.2) is 78.1 Å². The van der Waals surface area contributed by atoms with Crippen molar-refractivity contribution in [3.05, 3.63) is 89.3 Å². The molecule has 3 rings (SSSR count). The Morgan fingerprint density at radius 1 is 0.839 bits per heavy atom. The Bertz CT molecular complexity index is 988. The van der Waals surface area contributed by atoms with Crippen LogP contribution in [0.4, 0.5) is 5.69 Å². The first-order chi connectivity index (χ1) is 15.0. The van der Waals surface area contributed by atoms with E-state index in [0.29, 0.717) is 5.69 Å². The lowest BCUT2D eigenvalue weighted by Crippen LogP contribution is -2.29. The minimum Gasteiger partial charge on any atom is -0.478 e. The molecule has 1 N–H and O–H groups in total. The molecule has 1 aliphatic rings. The van der Waals surface area contributed by atoms with Crippen LogP contribution in [0.5, 0.6) is 0 Å². The molecule has 2 aromatic carbocycles. The lowest BCUT2D eigenvalue weighted by molar-refractivity contribution is -0.139. The number of carboxylic acids is 1. The third-order valence-electron chi connectivity index (χ3n) is 4.75. The first kappa shape index (κ1) is 21.8. The zero-order valence-corrected chi connectivity index (χ0v) is 17.3. The van der Waals surface area contributed by atoms with Gasteiger partial charge in [0.15, 0.2) is 0 Å². The summed E-state index contributed by atoms with van der Waals surface area (Å²) in [7, 11) is 0. The molecule has 0 aliphatic carbocycles. The highest BCUT2D eigenvalue weighted by molar-refractivity contribution is 6.00. The highest BCUT2D eigenvalue weighted by atomic mass is 16.5. The predicted octanol–water partition coefficient (Wildman–Crippen LogP) is 3.88. The van der Waals surface area contributed by atoms with E-state index >= 15 is 0 Å². The second-order valence-electron chi connectivity index (χ2n) is 6.71. The zero-order valence-electron chi connectivity index (χ0n) is 17.3. The second kappa shape index (κ2) is 9.75. The molecule has 0 bridgehead atoms. The van der Waals surface area contributed by atoms with Gasteiger partial charge in [-0.3, -0.25) is 0 Å². The number of carboxylic acid groups (broad SMARTS) is 1. The van der Waals surface area contributed by atoms with Gasteiger partial charge in [-0.25, -0.2) is 14.4 Å². The van der Waals surface area contributed by atoms with Crippen LogP contribution in [0.25, 0.3) is 0 Å². The van der Waals surface area contributed by atoms with Gasteiger partial charge in [-0.1, -0.05) is 30.3 Å². The van der Waals surface area contributed by atoms with E-state index in [1.54, 1.807) is 43.3 Å². The fourth-order valence-corrected chi connectivity index (χ4v) is 3.35. The molecule has 160 valence electrons. The molecule has 0 atom stereocenters. The summed E-state index contributed by atoms with van der Waals surface area (Å²) < 4.78 is 10.5. The van der Waals surface area contributed by atoms with Gasteiger partial charge in [-0.05, 0) is 43.7 Å². The molecular formula is C24H23NO6. The van der Waals surface area contributed by atoms with Gasteiger partial charge in [0, 0.05) is 18.1 Å². The van der Waals surface area contributed by atoms with Crippen LogP contribution >= 0.6 is 0 Å². The SMILES string of the molecule is CCOC(=O)C1=CN(c2ccc(C(=O)O)cc2)C=C(C(=O)OCC)C1c1ccccc1. The quantitative estimate of drug-likeness (QED) is 0.678. The van der Waals surface area contributed by atoms with Crippen LogP contribution < -0.4 is 4.90 Å². The minimum atomic E-state index is -1.04. The van der Waals surface area contributed by atoms with E-state index in [2.05, 4.69) is 0 Å². The minimum absolute atomic E-state index is 0.132. The van der Waals surface area contributed by atoms with Crippen molar-refractivity contribution in [2.75, 3.05) is 18.1 Å². The predicted molar refractivity (Wildman–Crippen MR) is 114 cm³/mol. The Balaban J connectivity index is 2.13. The molecule has 2 aromatic rings. The van der Waals surface area contributed by atoms with Crippen molar-refractivity contribution in [2.45, 2.75) is 19.8 Å². The Kier molecular flexibility index (Phi) is 6.87. The van der Waals surface area contributed by atoms with Crippen molar-refractivity contribution in [3.63, 3.8) is 0 Å². The molecule has 0 spiro atoms. The number of carbonyl (C=O) groups is 3. The van der Waals surface area contributed by atoms with E-state index in [9.17, 15) is 14.4 Å². The van der Waals surface area contributed by atoms with Gasteiger partial charge in [-0.15, -0.1) is 0 Å². The number of nitrogens with zero attached hydrogens (tertiary/aromatic N) is 1. The highest BCUT2D eigenvalue weighted by Crippen LogP contribution is 2.38. The van der Waals surface area contributed by atoms with Gasteiger partial charge < -0.3 is 19.5 Å². The first-order valence-electron chi connectivity index (χ1n) is 9.90. The smallest absolute Gasteiger partial charge is 0.336 e. The molecule has 7 nitrogen and oxygen atoms in total. The van der Waals surface area contributed by atoms with Crippen LogP contribution in [0.3, 0.4) is 0 Å². The Labute approximate surface area is 180 Å². The number of esters is 2. The molecule has 1 heterocycles. The Morgan fingerprint density at radius 3 is 1.81 bits per heavy atom. The maximum Gasteiger partial charge on any atom is 0.336 e. The van der Waals surface area contributed by atoms with Gasteiger partial charge in [0.05, 0.1) is 35.8 Å². The van der Waals surface area contributed by atoms with Gasteiger partial charge in [0.25, 0.3) is 0 Å². The van der Waals surface area contributed by atoms with Crippen LogP contribution in [0.2, 0.25) is 0 Å². The number of hydrogen-bond acceptors (Lipinski definition) is 6. The van der Waals surface area contributed by atoms with Crippen molar-refractivity contribution in [1.82, 2.24) is 0 Å². The number of aromatic carboxylic acids is 1. The third-order valence-corrected chi connectivity index (χ3v) is 4.75. The average molecular weight is 421 g/mol. The van der Waals surface area contributed by atoms with Gasteiger partial charge in [-0.2, -0.15) is 0 Å². The molecule has 0 fully saturated rings. The van der Waals surface area contributed by atoms with Crippen LogP contribution in [0.1, 0.15) is 35.7 Å². The van der Waals surface area contributed by atoms with Crippen molar-refractivity contribution in [1.29, 1.82) is 0 Å². The summed E-state index contributed by atoms with van der Waals surface area (Å²) in [6.07, 6.45) is 3.21. The lowest BCUT2D eigenvalue weighted by atomic mass is 9.83.